The van der Waals surface area contributed by atoms with Crippen molar-refractivity contribution >= 4 is 22.2 Å². The highest BCUT2D eigenvalue weighted by molar-refractivity contribution is 5.79. The van der Waals surface area contributed by atoms with Crippen LogP contribution in [0.3, 0.4) is 0 Å². The minimum atomic E-state index is -0.459. The summed E-state index contributed by atoms with van der Waals surface area (Å²) < 4.78 is 24.6. The molecule has 3 aromatic heterocycles. The normalized spacial score (nSPS) is 15.4. The van der Waals surface area contributed by atoms with Crippen LogP contribution in [0.1, 0.15) is 23.6 Å². The fourth-order valence-corrected chi connectivity index (χ4v) is 4.40. The number of halogens is 1. The van der Waals surface area contributed by atoms with Crippen LogP contribution in [0.15, 0.2) is 53.7 Å². The molecular weight excluding hydrogens is 425 g/mol. The zero-order valence-electron chi connectivity index (χ0n) is 17.4. The Hall–Kier alpha value is -4.52. The summed E-state index contributed by atoms with van der Waals surface area (Å²) in [5, 5.41) is 9.26. The summed E-state index contributed by atoms with van der Waals surface area (Å²) in [5.74, 6) is 0.0153. The van der Waals surface area contributed by atoms with Crippen LogP contribution in [0.2, 0.25) is 0 Å². The average molecular weight is 441 g/mol. The molecule has 6 rings (SSSR count). The molecule has 0 radical (unpaired) electrons. The molecule has 1 unspecified atom stereocenters. The summed E-state index contributed by atoms with van der Waals surface area (Å²) in [6.45, 7) is 0.280. The lowest BCUT2D eigenvalue weighted by Gasteiger charge is -2.26. The smallest absolute Gasteiger partial charge is 0.330 e. The number of ether oxygens (including phenoxy) is 1. The molecule has 0 saturated carbocycles. The van der Waals surface area contributed by atoms with Crippen molar-refractivity contribution in [3.05, 3.63) is 76.4 Å². The highest BCUT2D eigenvalue weighted by Crippen LogP contribution is 2.37. The Kier molecular flexibility index (Phi) is 4.07. The van der Waals surface area contributed by atoms with Gasteiger partial charge in [-0.2, -0.15) is 10.2 Å². The van der Waals surface area contributed by atoms with Crippen LogP contribution in [-0.4, -0.2) is 35.3 Å². The molecule has 0 amide bonds. The molecule has 4 heterocycles. The van der Waals surface area contributed by atoms with Crippen LogP contribution in [-0.2, 0) is 7.05 Å². The van der Waals surface area contributed by atoms with Crippen LogP contribution in [0.4, 0.5) is 4.39 Å². The fourth-order valence-electron chi connectivity index (χ4n) is 4.40. The van der Waals surface area contributed by atoms with Crippen LogP contribution in [0, 0.1) is 17.1 Å². The molecular formula is C23H16FN7O2. The molecule has 0 saturated heterocycles. The van der Waals surface area contributed by atoms with E-state index in [4.69, 9.17) is 9.72 Å². The molecule has 10 heteroatoms. The predicted molar refractivity (Wildman–Crippen MR) is 117 cm³/mol. The van der Waals surface area contributed by atoms with Crippen LogP contribution in [0.25, 0.3) is 28.1 Å². The van der Waals surface area contributed by atoms with Crippen LogP contribution < -0.4 is 10.4 Å². The van der Waals surface area contributed by atoms with Gasteiger partial charge in [0.15, 0.2) is 17.2 Å². The average Bonchev–Trinajstić information content (AvgIpc) is 3.37. The Morgan fingerprint density at radius 3 is 2.94 bits per heavy atom. The van der Waals surface area contributed by atoms with Crippen molar-refractivity contribution in [2.45, 2.75) is 12.5 Å². The number of nitriles is 1. The lowest BCUT2D eigenvalue weighted by atomic mass is 10.00. The largest absolute Gasteiger partial charge is 0.490 e. The number of benzene rings is 2. The third-order valence-corrected chi connectivity index (χ3v) is 6.02. The number of aryl methyl sites for hydroxylation is 1. The van der Waals surface area contributed by atoms with Crippen molar-refractivity contribution in [2.24, 2.45) is 7.05 Å². The lowest BCUT2D eigenvalue weighted by Crippen LogP contribution is -2.30. The summed E-state index contributed by atoms with van der Waals surface area (Å²) in [6, 6.07) is 11.6. The number of aromatic nitrogens is 6. The summed E-state index contributed by atoms with van der Waals surface area (Å²) in [6.07, 6.45) is 3.66. The molecule has 0 aliphatic carbocycles. The molecule has 0 N–H and O–H groups in total. The second kappa shape index (κ2) is 7.00. The number of rotatable bonds is 2. The third-order valence-electron chi connectivity index (χ3n) is 6.02. The van der Waals surface area contributed by atoms with E-state index in [9.17, 15) is 14.4 Å². The van der Waals surface area contributed by atoms with Crippen molar-refractivity contribution in [3.63, 3.8) is 0 Å². The van der Waals surface area contributed by atoms with E-state index >= 15 is 0 Å². The first-order valence-corrected chi connectivity index (χ1v) is 10.3. The first-order valence-electron chi connectivity index (χ1n) is 10.3. The molecule has 1 aliphatic heterocycles. The predicted octanol–water partition coefficient (Wildman–Crippen LogP) is 2.85. The number of fused-ring (bicyclic) bond motifs is 3. The van der Waals surface area contributed by atoms with Gasteiger partial charge in [-0.3, -0.25) is 13.7 Å². The van der Waals surface area contributed by atoms with E-state index in [1.54, 1.807) is 59.0 Å². The fraction of sp³-hybridized carbons (Fsp3) is 0.174. The second-order valence-corrected chi connectivity index (χ2v) is 7.83. The molecule has 1 atom stereocenters. The molecule has 5 aromatic rings. The zero-order chi connectivity index (χ0) is 22.7. The van der Waals surface area contributed by atoms with E-state index < -0.39 is 11.9 Å². The van der Waals surface area contributed by atoms with Gasteiger partial charge in [0, 0.05) is 19.0 Å². The van der Waals surface area contributed by atoms with Crippen LogP contribution in [0.5, 0.6) is 5.75 Å². The molecule has 33 heavy (non-hydrogen) atoms. The van der Waals surface area contributed by atoms with Crippen molar-refractivity contribution in [1.29, 1.82) is 5.26 Å². The quantitative estimate of drug-likeness (QED) is 0.417. The van der Waals surface area contributed by atoms with Gasteiger partial charge in [-0.05, 0) is 24.3 Å². The first kappa shape index (κ1) is 19.2. The highest BCUT2D eigenvalue weighted by atomic mass is 19.1. The number of para-hydroxylation sites is 1. The van der Waals surface area contributed by atoms with Gasteiger partial charge >= 0.3 is 5.69 Å². The Balaban J connectivity index is 1.59. The zero-order valence-corrected chi connectivity index (χ0v) is 17.4. The van der Waals surface area contributed by atoms with Gasteiger partial charge in [-0.25, -0.2) is 19.2 Å². The first-order chi connectivity index (χ1) is 16.1. The maximum atomic E-state index is 14.4. The van der Waals surface area contributed by atoms with Crippen LogP contribution >= 0.6 is 0 Å². The minimum absolute atomic E-state index is 0.163. The highest BCUT2D eigenvalue weighted by Gasteiger charge is 2.29. The van der Waals surface area contributed by atoms with Gasteiger partial charge in [0.2, 0.25) is 5.95 Å². The topological polar surface area (TPSA) is 104 Å². The van der Waals surface area contributed by atoms with E-state index in [-0.39, 0.29) is 18.0 Å². The van der Waals surface area contributed by atoms with Gasteiger partial charge in [-0.1, -0.05) is 12.1 Å². The van der Waals surface area contributed by atoms with E-state index in [2.05, 4.69) is 16.0 Å². The standard InChI is InChI=1S/C23H16FN7O2/c1-29-19-11-26-22(30-12-27-16-6-5-13(10-25)9-18(16)30)28-21(19)31(23(29)32)17-7-8-33-20-14(17)3-2-4-15(20)24/h2-6,9,11-12,17H,7-8H2,1H3. The lowest BCUT2D eigenvalue weighted by molar-refractivity contribution is 0.243. The van der Waals surface area contributed by atoms with Crippen molar-refractivity contribution < 1.29 is 9.13 Å². The van der Waals surface area contributed by atoms with Crippen molar-refractivity contribution in [2.75, 3.05) is 6.61 Å². The van der Waals surface area contributed by atoms with Gasteiger partial charge in [0.25, 0.3) is 0 Å². The number of hydrogen-bond acceptors (Lipinski definition) is 6. The Labute approximate surface area is 185 Å². The molecule has 0 bridgehead atoms. The molecule has 0 spiro atoms. The Morgan fingerprint density at radius 1 is 1.21 bits per heavy atom. The van der Waals surface area contributed by atoms with E-state index in [0.29, 0.717) is 45.7 Å². The summed E-state index contributed by atoms with van der Waals surface area (Å²) in [5.41, 5.74) is 3.16. The monoisotopic (exact) mass is 441 g/mol. The molecule has 1 aliphatic rings. The number of imidazole rings is 2. The Morgan fingerprint density at radius 2 is 2.09 bits per heavy atom. The Bertz CT molecular complexity index is 1670. The second-order valence-electron chi connectivity index (χ2n) is 7.83. The molecule has 2 aromatic carbocycles. The number of hydrogen-bond donors (Lipinski definition) is 0. The van der Waals surface area contributed by atoms with Gasteiger partial charge in [0.1, 0.15) is 11.8 Å². The van der Waals surface area contributed by atoms with Gasteiger partial charge < -0.3 is 4.74 Å². The molecule has 9 nitrogen and oxygen atoms in total. The molecule has 0 fully saturated rings. The SMILES string of the molecule is Cn1c(=O)n(C2CCOc3c(F)cccc32)c2nc(-n3cnc4ccc(C#N)cc43)ncc21. The van der Waals surface area contributed by atoms with E-state index in [1.165, 1.54) is 10.6 Å². The maximum absolute atomic E-state index is 14.4. The summed E-state index contributed by atoms with van der Waals surface area (Å²) in [4.78, 5) is 26.8. The molecule has 162 valence electrons. The number of nitrogens with zero attached hydrogens (tertiary/aromatic N) is 7. The minimum Gasteiger partial charge on any atom is -0.490 e. The van der Waals surface area contributed by atoms with Crippen molar-refractivity contribution in [3.8, 4) is 17.8 Å². The summed E-state index contributed by atoms with van der Waals surface area (Å²) in [7, 11) is 1.65. The van der Waals surface area contributed by atoms with Crippen molar-refractivity contribution in [1.82, 2.24) is 28.7 Å². The van der Waals surface area contributed by atoms with E-state index in [0.717, 1.165) is 0 Å². The maximum Gasteiger partial charge on any atom is 0.330 e. The third kappa shape index (κ3) is 2.75. The van der Waals surface area contributed by atoms with E-state index in [1.807, 2.05) is 0 Å². The van der Waals surface area contributed by atoms with Gasteiger partial charge in [-0.15, -0.1) is 0 Å². The summed E-state index contributed by atoms with van der Waals surface area (Å²) >= 11 is 0. The van der Waals surface area contributed by atoms with Gasteiger partial charge in [0.05, 0.1) is 41.5 Å².